The molecule has 4 rings (SSSR count). The van der Waals surface area contributed by atoms with Gasteiger partial charge in [-0.25, -0.2) is 9.37 Å². The van der Waals surface area contributed by atoms with Gasteiger partial charge in [-0.05, 0) is 37.0 Å². The molecule has 2 aliphatic rings. The summed E-state index contributed by atoms with van der Waals surface area (Å²) < 4.78 is 14.0. The summed E-state index contributed by atoms with van der Waals surface area (Å²) >= 11 is 0. The van der Waals surface area contributed by atoms with Crippen molar-refractivity contribution >= 4 is 11.8 Å². The third-order valence-electron chi connectivity index (χ3n) is 5.63. The van der Waals surface area contributed by atoms with Crippen LogP contribution in [0.25, 0.3) is 0 Å². The number of anilines is 1. The van der Waals surface area contributed by atoms with E-state index in [0.717, 1.165) is 32.0 Å². The van der Waals surface area contributed by atoms with Gasteiger partial charge in [0.2, 0.25) is 0 Å². The number of aliphatic imine (C=N–C) groups is 1. The van der Waals surface area contributed by atoms with Crippen LogP contribution in [0.3, 0.4) is 0 Å². The van der Waals surface area contributed by atoms with Gasteiger partial charge in [0.25, 0.3) is 0 Å². The number of nitrogens with one attached hydrogen (secondary N) is 2. The first kappa shape index (κ1) is 17.8. The van der Waals surface area contributed by atoms with E-state index in [2.05, 4.69) is 50.9 Å². The van der Waals surface area contributed by atoms with Gasteiger partial charge >= 0.3 is 0 Å². The van der Waals surface area contributed by atoms with E-state index >= 15 is 0 Å². The summed E-state index contributed by atoms with van der Waals surface area (Å²) in [6.07, 6.45) is 4.98. The second-order valence-corrected chi connectivity index (χ2v) is 7.46. The zero-order valence-corrected chi connectivity index (χ0v) is 15.7. The molecule has 0 spiro atoms. The third kappa shape index (κ3) is 3.89. The van der Waals surface area contributed by atoms with E-state index in [-0.39, 0.29) is 17.3 Å². The maximum atomic E-state index is 14.0. The fourth-order valence-electron chi connectivity index (χ4n) is 3.83. The average Bonchev–Trinajstić information content (AvgIpc) is 3.37. The van der Waals surface area contributed by atoms with Crippen molar-refractivity contribution in [1.29, 1.82) is 0 Å². The minimum Gasteiger partial charge on any atom is -0.356 e. The molecule has 0 radical (unpaired) electrons. The van der Waals surface area contributed by atoms with Crippen molar-refractivity contribution in [1.82, 2.24) is 15.6 Å². The minimum atomic E-state index is -0.265. The molecule has 142 valence electrons. The number of guanidine groups is 1. The summed E-state index contributed by atoms with van der Waals surface area (Å²) in [6.45, 7) is 2.39. The van der Waals surface area contributed by atoms with Crippen LogP contribution in [0.4, 0.5) is 10.2 Å². The van der Waals surface area contributed by atoms with Gasteiger partial charge in [-0.3, -0.25) is 4.99 Å². The predicted octanol–water partition coefficient (Wildman–Crippen LogP) is 2.70. The van der Waals surface area contributed by atoms with E-state index in [9.17, 15) is 4.39 Å². The molecule has 2 N–H and O–H groups in total. The van der Waals surface area contributed by atoms with E-state index < -0.39 is 0 Å². The van der Waals surface area contributed by atoms with Crippen molar-refractivity contribution in [2.75, 3.05) is 31.6 Å². The third-order valence-corrected chi connectivity index (χ3v) is 5.63. The lowest BCUT2D eigenvalue weighted by Gasteiger charge is -2.22. The maximum Gasteiger partial charge on any atom is 0.191 e. The number of nitrogens with zero attached hydrogens (tertiary/aromatic N) is 3. The lowest BCUT2D eigenvalue weighted by Crippen LogP contribution is -2.46. The molecule has 0 bridgehead atoms. The van der Waals surface area contributed by atoms with Crippen LogP contribution >= 0.6 is 0 Å². The zero-order chi connectivity index (χ0) is 18.7. The van der Waals surface area contributed by atoms with Crippen molar-refractivity contribution < 1.29 is 4.39 Å². The molecule has 0 amide bonds. The Labute approximate surface area is 159 Å². The number of halogens is 1. The molecule has 1 saturated heterocycles. The molecule has 1 aliphatic heterocycles. The van der Waals surface area contributed by atoms with E-state index in [0.29, 0.717) is 5.82 Å². The fraction of sp³-hybridized carbons (Fsp3) is 0.429. The van der Waals surface area contributed by atoms with Crippen LogP contribution in [0.15, 0.2) is 53.7 Å². The molecule has 1 aliphatic carbocycles. The van der Waals surface area contributed by atoms with Gasteiger partial charge < -0.3 is 15.5 Å². The zero-order valence-electron chi connectivity index (χ0n) is 15.7. The molecule has 1 saturated carbocycles. The number of benzene rings is 1. The lowest BCUT2D eigenvalue weighted by atomic mass is 9.96. The molecular formula is C21H26FN5. The highest BCUT2D eigenvalue weighted by atomic mass is 19.1. The van der Waals surface area contributed by atoms with Crippen LogP contribution in [0.1, 0.15) is 24.8 Å². The Hall–Kier alpha value is -2.63. The van der Waals surface area contributed by atoms with Gasteiger partial charge in [0.1, 0.15) is 0 Å². The van der Waals surface area contributed by atoms with E-state index in [1.807, 2.05) is 4.90 Å². The normalized spacial score (nSPS) is 21.2. The quantitative estimate of drug-likeness (QED) is 0.630. The number of hydrogen-bond acceptors (Lipinski definition) is 3. The predicted molar refractivity (Wildman–Crippen MR) is 107 cm³/mol. The SMILES string of the molecule is CN=C(NCC1(c2ccccc2)CC1)NC1CCN(c2ncccc2F)C1. The molecule has 1 aromatic heterocycles. The standard InChI is InChI=1S/C21H26FN5/c1-23-20(25-15-21(10-11-21)16-6-3-2-4-7-16)26-17-9-13-27(14-17)19-18(22)8-5-12-24-19/h2-8,12,17H,9-11,13-15H2,1H3,(H2,23,25,26). The second-order valence-electron chi connectivity index (χ2n) is 7.46. The first-order chi connectivity index (χ1) is 13.2. The Kier molecular flexibility index (Phi) is 4.97. The molecule has 2 fully saturated rings. The van der Waals surface area contributed by atoms with Crippen LogP contribution in [0.5, 0.6) is 0 Å². The summed E-state index contributed by atoms with van der Waals surface area (Å²) in [6, 6.07) is 14.0. The van der Waals surface area contributed by atoms with Crippen LogP contribution in [0.2, 0.25) is 0 Å². The minimum absolute atomic E-state index is 0.226. The van der Waals surface area contributed by atoms with E-state index in [1.165, 1.54) is 24.5 Å². The van der Waals surface area contributed by atoms with Crippen molar-refractivity contribution in [3.63, 3.8) is 0 Å². The van der Waals surface area contributed by atoms with Crippen LogP contribution in [-0.2, 0) is 5.41 Å². The van der Waals surface area contributed by atoms with Crippen molar-refractivity contribution in [2.24, 2.45) is 4.99 Å². The van der Waals surface area contributed by atoms with Gasteiger partial charge in [0.15, 0.2) is 17.6 Å². The molecular weight excluding hydrogens is 341 g/mol. The Morgan fingerprint density at radius 3 is 2.78 bits per heavy atom. The Bertz CT molecular complexity index is 803. The van der Waals surface area contributed by atoms with Crippen LogP contribution in [0, 0.1) is 5.82 Å². The fourth-order valence-corrected chi connectivity index (χ4v) is 3.83. The summed E-state index contributed by atoms with van der Waals surface area (Å²) in [5, 5.41) is 6.98. The van der Waals surface area contributed by atoms with Crippen molar-refractivity contribution in [3.05, 3.63) is 60.0 Å². The first-order valence-corrected chi connectivity index (χ1v) is 9.58. The number of aromatic nitrogens is 1. The summed E-state index contributed by atoms with van der Waals surface area (Å²) in [7, 11) is 1.79. The van der Waals surface area contributed by atoms with Crippen molar-refractivity contribution in [3.8, 4) is 0 Å². The average molecular weight is 367 g/mol. The molecule has 6 heteroatoms. The summed E-state index contributed by atoms with van der Waals surface area (Å²) in [5.41, 5.74) is 1.63. The molecule has 5 nitrogen and oxygen atoms in total. The second kappa shape index (κ2) is 7.55. The number of rotatable bonds is 5. The molecule has 1 atom stereocenters. The van der Waals surface area contributed by atoms with Crippen LogP contribution < -0.4 is 15.5 Å². The van der Waals surface area contributed by atoms with Gasteiger partial charge in [0.05, 0.1) is 0 Å². The maximum absolute atomic E-state index is 14.0. The highest BCUT2D eigenvalue weighted by Gasteiger charge is 2.44. The topological polar surface area (TPSA) is 52.6 Å². The van der Waals surface area contributed by atoms with E-state index in [1.54, 1.807) is 19.3 Å². The first-order valence-electron chi connectivity index (χ1n) is 9.58. The van der Waals surface area contributed by atoms with Gasteiger partial charge in [-0.2, -0.15) is 0 Å². The molecule has 1 unspecified atom stereocenters. The number of pyridine rings is 1. The Balaban J connectivity index is 1.32. The smallest absolute Gasteiger partial charge is 0.191 e. The molecule has 27 heavy (non-hydrogen) atoms. The van der Waals surface area contributed by atoms with Gasteiger partial charge in [-0.15, -0.1) is 0 Å². The Morgan fingerprint density at radius 1 is 1.26 bits per heavy atom. The summed E-state index contributed by atoms with van der Waals surface area (Å²) in [5.74, 6) is 0.982. The lowest BCUT2D eigenvalue weighted by molar-refractivity contribution is 0.606. The van der Waals surface area contributed by atoms with Gasteiger partial charge in [-0.1, -0.05) is 30.3 Å². The van der Waals surface area contributed by atoms with E-state index in [4.69, 9.17) is 0 Å². The highest BCUT2D eigenvalue weighted by molar-refractivity contribution is 5.80. The molecule has 2 aromatic rings. The molecule has 1 aromatic carbocycles. The number of hydrogen-bond donors (Lipinski definition) is 2. The highest BCUT2D eigenvalue weighted by Crippen LogP contribution is 2.47. The van der Waals surface area contributed by atoms with Crippen molar-refractivity contribution in [2.45, 2.75) is 30.7 Å². The Morgan fingerprint density at radius 2 is 2.07 bits per heavy atom. The summed E-state index contributed by atoms with van der Waals surface area (Å²) in [4.78, 5) is 10.6. The molecule has 2 heterocycles. The monoisotopic (exact) mass is 367 g/mol. The van der Waals surface area contributed by atoms with Crippen LogP contribution in [-0.4, -0.2) is 43.7 Å². The largest absolute Gasteiger partial charge is 0.356 e. The van der Waals surface area contributed by atoms with Gasteiger partial charge in [0, 0.05) is 44.3 Å².